The van der Waals surface area contributed by atoms with Gasteiger partial charge in [-0.05, 0) is 33.4 Å². The van der Waals surface area contributed by atoms with Gasteiger partial charge in [-0.15, -0.1) is 0 Å². The molecule has 0 aromatic carbocycles. The van der Waals surface area contributed by atoms with Gasteiger partial charge in [0.2, 0.25) is 0 Å². The molecule has 0 bridgehead atoms. The molecular weight excluding hydrogens is 224 g/mol. The molecule has 102 valence electrons. The lowest BCUT2D eigenvalue weighted by Gasteiger charge is -2.39. The van der Waals surface area contributed by atoms with E-state index in [-0.39, 0.29) is 0 Å². The largest absolute Gasteiger partial charge is 0.338 e. The van der Waals surface area contributed by atoms with Crippen LogP contribution in [0.25, 0.3) is 0 Å². The van der Waals surface area contributed by atoms with Crippen LogP contribution < -0.4 is 5.32 Å². The van der Waals surface area contributed by atoms with Crippen molar-refractivity contribution >= 4 is 0 Å². The maximum absolute atomic E-state index is 4.41. The monoisotopic (exact) mass is 250 g/mol. The fourth-order valence-corrected chi connectivity index (χ4v) is 2.93. The minimum Gasteiger partial charge on any atom is -0.338 e. The van der Waals surface area contributed by atoms with E-state index in [1.54, 1.807) is 0 Å². The molecule has 0 saturated carbocycles. The number of likely N-dealkylation sites (tertiary alicyclic amines) is 1. The molecule has 1 aliphatic rings. The standard InChI is InChI=1S/C14H26N4/c1-12(15-2)13-6-4-5-9-18(13)10-7-14-16-8-11-17(14)3/h8,11-13,15H,4-7,9-10H2,1-3H3. The molecule has 0 amide bonds. The third-order valence-electron chi connectivity index (χ3n) is 4.24. The number of rotatable bonds is 5. The van der Waals surface area contributed by atoms with E-state index in [9.17, 15) is 0 Å². The molecule has 18 heavy (non-hydrogen) atoms. The number of imidazole rings is 1. The van der Waals surface area contributed by atoms with Crippen LogP contribution in [0, 0.1) is 0 Å². The van der Waals surface area contributed by atoms with Crippen molar-refractivity contribution in [2.75, 3.05) is 20.1 Å². The second kappa shape index (κ2) is 6.34. The van der Waals surface area contributed by atoms with Gasteiger partial charge in [0, 0.05) is 44.5 Å². The highest BCUT2D eigenvalue weighted by Crippen LogP contribution is 2.19. The molecule has 2 heterocycles. The quantitative estimate of drug-likeness (QED) is 0.858. The number of hydrogen-bond acceptors (Lipinski definition) is 3. The van der Waals surface area contributed by atoms with E-state index in [1.165, 1.54) is 31.6 Å². The topological polar surface area (TPSA) is 33.1 Å². The van der Waals surface area contributed by atoms with Crippen LogP contribution in [-0.4, -0.2) is 46.7 Å². The predicted octanol–water partition coefficient (Wildman–Crippen LogP) is 1.42. The zero-order chi connectivity index (χ0) is 13.0. The maximum Gasteiger partial charge on any atom is 0.109 e. The minimum absolute atomic E-state index is 0.576. The molecule has 4 heteroatoms. The number of likely N-dealkylation sites (N-methyl/N-ethyl adjacent to an activating group) is 1. The van der Waals surface area contributed by atoms with Crippen LogP contribution in [-0.2, 0) is 13.5 Å². The molecule has 4 nitrogen and oxygen atoms in total. The second-order valence-corrected chi connectivity index (χ2v) is 5.38. The Kier molecular flexibility index (Phi) is 4.78. The van der Waals surface area contributed by atoms with Gasteiger partial charge >= 0.3 is 0 Å². The summed E-state index contributed by atoms with van der Waals surface area (Å²) >= 11 is 0. The normalized spacial score (nSPS) is 23.2. The molecule has 1 saturated heterocycles. The van der Waals surface area contributed by atoms with Gasteiger partial charge in [-0.25, -0.2) is 4.98 Å². The van der Waals surface area contributed by atoms with Crippen LogP contribution in [0.3, 0.4) is 0 Å². The molecule has 1 aliphatic heterocycles. The first-order valence-electron chi connectivity index (χ1n) is 7.10. The Balaban J connectivity index is 1.91. The first-order chi connectivity index (χ1) is 8.72. The summed E-state index contributed by atoms with van der Waals surface area (Å²) in [5.74, 6) is 1.19. The Hall–Kier alpha value is -0.870. The highest BCUT2D eigenvalue weighted by atomic mass is 15.2. The van der Waals surface area contributed by atoms with Crippen LogP contribution in [0.15, 0.2) is 12.4 Å². The zero-order valence-electron chi connectivity index (χ0n) is 11.9. The summed E-state index contributed by atoms with van der Waals surface area (Å²) in [6.45, 7) is 4.66. The lowest BCUT2D eigenvalue weighted by atomic mass is 9.96. The van der Waals surface area contributed by atoms with Crippen LogP contribution in [0.4, 0.5) is 0 Å². The molecule has 0 aliphatic carbocycles. The summed E-state index contributed by atoms with van der Waals surface area (Å²) in [5.41, 5.74) is 0. The summed E-state index contributed by atoms with van der Waals surface area (Å²) in [4.78, 5) is 7.05. The molecule has 0 radical (unpaired) electrons. The molecule has 1 fully saturated rings. The molecule has 1 aromatic rings. The van der Waals surface area contributed by atoms with Crippen LogP contribution in [0.5, 0.6) is 0 Å². The van der Waals surface area contributed by atoms with E-state index in [0.29, 0.717) is 12.1 Å². The summed E-state index contributed by atoms with van der Waals surface area (Å²) in [5, 5.41) is 3.41. The molecule has 1 aromatic heterocycles. The molecule has 2 rings (SSSR count). The number of aryl methyl sites for hydroxylation is 1. The predicted molar refractivity (Wildman–Crippen MR) is 74.6 cm³/mol. The van der Waals surface area contributed by atoms with E-state index in [1.807, 2.05) is 12.4 Å². The van der Waals surface area contributed by atoms with Gasteiger partial charge in [-0.1, -0.05) is 6.42 Å². The Morgan fingerprint density at radius 2 is 2.33 bits per heavy atom. The smallest absolute Gasteiger partial charge is 0.109 e. The van der Waals surface area contributed by atoms with Gasteiger partial charge in [0.25, 0.3) is 0 Å². The molecule has 1 N–H and O–H groups in total. The third kappa shape index (κ3) is 3.12. The first-order valence-corrected chi connectivity index (χ1v) is 7.10. The van der Waals surface area contributed by atoms with E-state index in [2.05, 4.69) is 40.8 Å². The Morgan fingerprint density at radius 1 is 1.50 bits per heavy atom. The number of aromatic nitrogens is 2. The van der Waals surface area contributed by atoms with Crippen molar-refractivity contribution in [3.63, 3.8) is 0 Å². The zero-order valence-corrected chi connectivity index (χ0v) is 11.9. The van der Waals surface area contributed by atoms with Gasteiger partial charge in [-0.2, -0.15) is 0 Å². The molecule has 2 atom stereocenters. The summed E-state index contributed by atoms with van der Waals surface area (Å²) in [6, 6.07) is 1.26. The molecule has 0 spiro atoms. The van der Waals surface area contributed by atoms with Crippen molar-refractivity contribution in [3.05, 3.63) is 18.2 Å². The Bertz CT molecular complexity index is 360. The maximum atomic E-state index is 4.41. The Morgan fingerprint density at radius 3 is 3.00 bits per heavy atom. The second-order valence-electron chi connectivity index (χ2n) is 5.38. The average molecular weight is 250 g/mol. The van der Waals surface area contributed by atoms with E-state index < -0.39 is 0 Å². The lowest BCUT2D eigenvalue weighted by Crippen LogP contribution is -2.50. The van der Waals surface area contributed by atoms with E-state index >= 15 is 0 Å². The SMILES string of the molecule is CNC(C)C1CCCCN1CCc1nccn1C. The highest BCUT2D eigenvalue weighted by molar-refractivity contribution is 4.93. The summed E-state index contributed by atoms with van der Waals surface area (Å²) < 4.78 is 2.13. The summed E-state index contributed by atoms with van der Waals surface area (Å²) in [7, 11) is 4.14. The van der Waals surface area contributed by atoms with Crippen molar-refractivity contribution < 1.29 is 0 Å². The summed E-state index contributed by atoms with van der Waals surface area (Å²) in [6.07, 6.45) is 9.00. The lowest BCUT2D eigenvalue weighted by molar-refractivity contribution is 0.122. The fraction of sp³-hybridized carbons (Fsp3) is 0.786. The van der Waals surface area contributed by atoms with Crippen molar-refractivity contribution in [2.45, 2.75) is 44.7 Å². The number of nitrogens with one attached hydrogen (secondary N) is 1. The van der Waals surface area contributed by atoms with E-state index in [4.69, 9.17) is 0 Å². The van der Waals surface area contributed by atoms with Crippen molar-refractivity contribution in [1.82, 2.24) is 19.8 Å². The van der Waals surface area contributed by atoms with Crippen LogP contribution in [0.1, 0.15) is 32.0 Å². The van der Waals surface area contributed by atoms with Crippen molar-refractivity contribution in [3.8, 4) is 0 Å². The van der Waals surface area contributed by atoms with Gasteiger partial charge in [0.05, 0.1) is 0 Å². The van der Waals surface area contributed by atoms with Crippen LogP contribution in [0.2, 0.25) is 0 Å². The van der Waals surface area contributed by atoms with Crippen molar-refractivity contribution in [1.29, 1.82) is 0 Å². The molecular formula is C14H26N4. The van der Waals surface area contributed by atoms with Gasteiger partial charge in [0.1, 0.15) is 5.82 Å². The minimum atomic E-state index is 0.576. The average Bonchev–Trinajstić information content (AvgIpc) is 2.81. The van der Waals surface area contributed by atoms with Gasteiger partial charge in [-0.3, -0.25) is 4.90 Å². The van der Waals surface area contributed by atoms with Crippen molar-refractivity contribution in [2.24, 2.45) is 7.05 Å². The van der Waals surface area contributed by atoms with Gasteiger partial charge < -0.3 is 9.88 Å². The van der Waals surface area contributed by atoms with E-state index in [0.717, 1.165) is 13.0 Å². The number of hydrogen-bond donors (Lipinski definition) is 1. The van der Waals surface area contributed by atoms with Gasteiger partial charge in [0.15, 0.2) is 0 Å². The molecule has 2 unspecified atom stereocenters. The Labute approximate surface area is 110 Å². The third-order valence-corrected chi connectivity index (χ3v) is 4.24. The first kappa shape index (κ1) is 13.6. The number of nitrogens with zero attached hydrogens (tertiary/aromatic N) is 3. The number of piperidine rings is 1. The van der Waals surface area contributed by atoms with Crippen LogP contribution >= 0.6 is 0 Å². The highest BCUT2D eigenvalue weighted by Gasteiger charge is 2.26. The fourth-order valence-electron chi connectivity index (χ4n) is 2.93.